The molecule has 0 aromatic rings. The molecule has 0 aromatic carbocycles. The van der Waals surface area contributed by atoms with Crippen molar-refractivity contribution < 1.29 is 58.1 Å². The van der Waals surface area contributed by atoms with Gasteiger partial charge in [-0.3, -0.25) is 4.70 Å². The monoisotopic (exact) mass is 181 g/mol. The summed E-state index contributed by atoms with van der Waals surface area (Å²) in [5.41, 5.74) is 0. The Morgan fingerprint density at radius 3 is 1.25 bits per heavy atom. The molecule has 1 radical (unpaired) electrons. The largest absolute Gasteiger partial charge is 1.00 e. The van der Waals surface area contributed by atoms with Crippen molar-refractivity contribution in [3.8, 4) is 0 Å². The minimum atomic E-state index is 0. The Labute approximate surface area is 74.5 Å². The van der Waals surface area contributed by atoms with Crippen molar-refractivity contribution in [3.05, 3.63) is 0 Å². The SMILES string of the molecule is F.[Ag].[AlH3].[H-].[Na+]. The molecular formula is H5AgAlFNa. The van der Waals surface area contributed by atoms with Gasteiger partial charge >= 0.3 is 29.6 Å². The second kappa shape index (κ2) is 18.9. The molecular weight excluding hydrogens is 177 g/mol. The van der Waals surface area contributed by atoms with E-state index >= 15 is 0 Å². The molecule has 27 valence electrons. The van der Waals surface area contributed by atoms with Gasteiger partial charge in [-0.1, -0.05) is 0 Å². The minimum absolute atomic E-state index is 0. The first-order chi connectivity index (χ1) is 0. The van der Waals surface area contributed by atoms with E-state index in [2.05, 4.69) is 0 Å². The van der Waals surface area contributed by atoms with Gasteiger partial charge in [-0.2, -0.15) is 0 Å². The Balaban J connectivity index is 0. The van der Waals surface area contributed by atoms with E-state index < -0.39 is 0 Å². The Morgan fingerprint density at radius 1 is 1.25 bits per heavy atom. The molecule has 0 rings (SSSR count). The van der Waals surface area contributed by atoms with Crippen molar-refractivity contribution >= 4 is 17.4 Å². The van der Waals surface area contributed by atoms with Crippen molar-refractivity contribution in [2.75, 3.05) is 0 Å². The first kappa shape index (κ1) is 34.6. The summed E-state index contributed by atoms with van der Waals surface area (Å²) in [7, 11) is 0. The second-order valence-corrected chi connectivity index (χ2v) is 0. The summed E-state index contributed by atoms with van der Waals surface area (Å²) in [6.07, 6.45) is 0. The van der Waals surface area contributed by atoms with Gasteiger partial charge in [0.1, 0.15) is 0 Å². The number of rotatable bonds is 0. The molecule has 0 aliphatic heterocycles. The van der Waals surface area contributed by atoms with Gasteiger partial charge in [-0.05, 0) is 0 Å². The topological polar surface area (TPSA) is 0 Å². The number of halogens is 1. The van der Waals surface area contributed by atoms with Crippen LogP contribution in [0.5, 0.6) is 0 Å². The van der Waals surface area contributed by atoms with E-state index in [9.17, 15) is 0 Å². The van der Waals surface area contributed by atoms with Crippen molar-refractivity contribution in [3.63, 3.8) is 0 Å². The molecule has 4 heteroatoms. The van der Waals surface area contributed by atoms with Crippen molar-refractivity contribution in [2.24, 2.45) is 0 Å². The van der Waals surface area contributed by atoms with Crippen molar-refractivity contribution in [1.29, 1.82) is 0 Å². The molecule has 0 nitrogen and oxygen atoms in total. The smallest absolute Gasteiger partial charge is 1.00 e. The van der Waals surface area contributed by atoms with Crippen molar-refractivity contribution in [1.82, 2.24) is 0 Å². The zero-order valence-electron chi connectivity index (χ0n) is 2.71. The molecule has 0 aliphatic rings. The first-order valence-corrected chi connectivity index (χ1v) is 0. The first-order valence-electron chi connectivity index (χ1n) is 0. The van der Waals surface area contributed by atoms with Gasteiger partial charge in [-0.15, -0.1) is 0 Å². The average molecular weight is 182 g/mol. The van der Waals surface area contributed by atoms with Gasteiger partial charge < -0.3 is 1.43 Å². The predicted molar refractivity (Wildman–Crippen MR) is 13.6 cm³/mol. The Morgan fingerprint density at radius 2 is 1.25 bits per heavy atom. The van der Waals surface area contributed by atoms with E-state index in [-0.39, 0.29) is 75.4 Å². The maximum Gasteiger partial charge on any atom is 1.00 e. The normalized spacial score (nSPS) is 0. The molecule has 0 aromatic heterocycles. The van der Waals surface area contributed by atoms with Gasteiger partial charge in [0.25, 0.3) is 0 Å². The quantitative estimate of drug-likeness (QED) is 0.336. The van der Waals surface area contributed by atoms with Crippen molar-refractivity contribution in [2.45, 2.75) is 0 Å². The molecule has 0 saturated carbocycles. The Hall–Kier alpha value is 2.20. The van der Waals surface area contributed by atoms with E-state index in [1.807, 2.05) is 0 Å². The Bertz CT molecular complexity index is 11.6. The van der Waals surface area contributed by atoms with Crippen LogP contribution in [0.25, 0.3) is 0 Å². The number of hydrogen-bond acceptors (Lipinski definition) is 0. The summed E-state index contributed by atoms with van der Waals surface area (Å²) in [5.74, 6) is 0. The summed E-state index contributed by atoms with van der Waals surface area (Å²) in [6, 6.07) is 0. The fourth-order valence-corrected chi connectivity index (χ4v) is 0. The molecule has 0 amide bonds. The molecule has 0 bridgehead atoms. The summed E-state index contributed by atoms with van der Waals surface area (Å²) in [4.78, 5) is 0. The molecule has 0 aliphatic carbocycles. The summed E-state index contributed by atoms with van der Waals surface area (Å²) in [5, 5.41) is 0. The van der Waals surface area contributed by atoms with Crippen LogP contribution >= 0.6 is 0 Å². The molecule has 0 N–H and O–H groups in total. The van der Waals surface area contributed by atoms with E-state index in [1.165, 1.54) is 0 Å². The van der Waals surface area contributed by atoms with E-state index in [1.54, 1.807) is 0 Å². The van der Waals surface area contributed by atoms with Crippen LogP contribution < -0.4 is 29.6 Å². The third-order valence-corrected chi connectivity index (χ3v) is 0. The van der Waals surface area contributed by atoms with Gasteiger partial charge in [0, 0.05) is 22.4 Å². The van der Waals surface area contributed by atoms with Crippen LogP contribution in [-0.4, -0.2) is 17.4 Å². The van der Waals surface area contributed by atoms with Gasteiger partial charge in [0.05, 0.1) is 0 Å². The van der Waals surface area contributed by atoms with Gasteiger partial charge in [0.2, 0.25) is 0 Å². The third kappa shape index (κ3) is 8.88. The molecule has 0 spiro atoms. The number of hydrogen-bond donors (Lipinski definition) is 0. The zero-order valence-corrected chi connectivity index (χ0v) is 5.19. The van der Waals surface area contributed by atoms with Gasteiger partial charge in [0.15, 0.2) is 17.4 Å². The second-order valence-electron chi connectivity index (χ2n) is 0. The van der Waals surface area contributed by atoms with E-state index in [4.69, 9.17) is 0 Å². The summed E-state index contributed by atoms with van der Waals surface area (Å²) in [6.45, 7) is 0. The van der Waals surface area contributed by atoms with Crippen LogP contribution in [0.3, 0.4) is 0 Å². The van der Waals surface area contributed by atoms with Crippen LogP contribution in [-0.2, 0) is 22.4 Å². The summed E-state index contributed by atoms with van der Waals surface area (Å²) >= 11 is 0. The van der Waals surface area contributed by atoms with E-state index in [0.29, 0.717) is 0 Å². The fraction of sp³-hybridized carbons (Fsp3) is 0. The fourth-order valence-electron chi connectivity index (χ4n) is 0. The van der Waals surface area contributed by atoms with Crippen LogP contribution in [0.15, 0.2) is 0 Å². The average Bonchev–Trinajstić information content (AvgIpc) is 0. The molecule has 0 heterocycles. The van der Waals surface area contributed by atoms with Crippen LogP contribution in [0.4, 0.5) is 4.70 Å². The van der Waals surface area contributed by atoms with E-state index in [0.717, 1.165) is 0 Å². The molecule has 4 heavy (non-hydrogen) atoms. The molecule has 0 unspecified atom stereocenters. The summed E-state index contributed by atoms with van der Waals surface area (Å²) < 4.78 is 0. The molecule has 0 fully saturated rings. The Kier molecular flexibility index (Phi) is 164. The minimum Gasteiger partial charge on any atom is -1.00 e. The maximum absolute atomic E-state index is 0. The third-order valence-electron chi connectivity index (χ3n) is 0. The predicted octanol–water partition coefficient (Wildman–Crippen LogP) is -3.92. The van der Waals surface area contributed by atoms with Crippen LogP contribution in [0, 0.1) is 0 Å². The zero-order chi connectivity index (χ0) is 0. The molecule has 0 atom stereocenters. The molecule has 0 saturated heterocycles. The van der Waals surface area contributed by atoms with Crippen LogP contribution in [0.2, 0.25) is 0 Å². The van der Waals surface area contributed by atoms with Gasteiger partial charge in [-0.25, -0.2) is 0 Å². The van der Waals surface area contributed by atoms with Crippen LogP contribution in [0.1, 0.15) is 1.43 Å². The standard InChI is InChI=1S/Ag.Al.FH.Na.4H/h;;1H;;;;;/q;;;+1;;;;-1. The maximum atomic E-state index is 0.